The summed E-state index contributed by atoms with van der Waals surface area (Å²) in [5, 5.41) is 13.4. The number of ketones is 1. The fraction of sp³-hybridized carbons (Fsp3) is 0.130. The van der Waals surface area contributed by atoms with Crippen LogP contribution >= 0.6 is 22.9 Å². The Labute approximate surface area is 182 Å². The molecular weight excluding hydrogens is 422 g/mol. The van der Waals surface area contributed by atoms with Gasteiger partial charge in [-0.25, -0.2) is 0 Å². The number of rotatable bonds is 5. The summed E-state index contributed by atoms with van der Waals surface area (Å²) in [5.74, 6) is -0.977. The predicted molar refractivity (Wildman–Crippen MR) is 118 cm³/mol. The first-order valence-electron chi connectivity index (χ1n) is 9.34. The Morgan fingerprint density at radius 2 is 1.80 bits per heavy atom. The molecule has 0 spiro atoms. The summed E-state index contributed by atoms with van der Waals surface area (Å²) in [4.78, 5) is 28.1. The molecule has 0 radical (unpaired) electrons. The quantitative estimate of drug-likeness (QED) is 0.327. The maximum atomic E-state index is 13.0. The van der Waals surface area contributed by atoms with Crippen molar-refractivity contribution >= 4 is 46.1 Å². The Hall–Kier alpha value is -3.09. The number of nitrogens with zero attached hydrogens (tertiary/aromatic N) is 1. The zero-order valence-corrected chi connectivity index (χ0v) is 17.6. The number of halogens is 1. The van der Waals surface area contributed by atoms with E-state index in [9.17, 15) is 14.7 Å². The molecule has 0 bridgehead atoms. The van der Waals surface area contributed by atoms with Gasteiger partial charge in [0.15, 0.2) is 0 Å². The summed E-state index contributed by atoms with van der Waals surface area (Å²) < 4.78 is 5.43. The molecule has 1 fully saturated rings. The molecule has 152 valence electrons. The fourth-order valence-corrected chi connectivity index (χ4v) is 4.40. The number of aliphatic hydroxyl groups excluding tert-OH is 1. The highest BCUT2D eigenvalue weighted by Crippen LogP contribution is 2.43. The van der Waals surface area contributed by atoms with Crippen LogP contribution in [0.2, 0.25) is 5.02 Å². The topological polar surface area (TPSA) is 66.8 Å². The largest absolute Gasteiger partial charge is 0.507 e. The van der Waals surface area contributed by atoms with E-state index >= 15 is 0 Å². The van der Waals surface area contributed by atoms with E-state index in [1.807, 2.05) is 24.4 Å². The third-order valence-electron chi connectivity index (χ3n) is 4.80. The van der Waals surface area contributed by atoms with Crippen LogP contribution in [-0.4, -0.2) is 23.4 Å². The van der Waals surface area contributed by atoms with Crippen LogP contribution in [-0.2, 0) is 9.59 Å². The molecule has 1 saturated heterocycles. The molecule has 0 aliphatic carbocycles. The van der Waals surface area contributed by atoms with E-state index in [1.165, 1.54) is 16.2 Å². The molecule has 4 rings (SSSR count). The van der Waals surface area contributed by atoms with Crippen molar-refractivity contribution in [2.45, 2.75) is 13.0 Å². The number of hydrogen-bond acceptors (Lipinski definition) is 5. The van der Waals surface area contributed by atoms with E-state index in [4.69, 9.17) is 16.3 Å². The second-order valence-corrected chi connectivity index (χ2v) is 8.03. The number of hydrogen-bond donors (Lipinski definition) is 1. The van der Waals surface area contributed by atoms with Crippen LogP contribution in [0.1, 0.15) is 23.4 Å². The molecule has 3 aromatic rings. The minimum absolute atomic E-state index is 0.0570. The summed E-state index contributed by atoms with van der Waals surface area (Å²) in [5.41, 5.74) is 1.03. The Balaban J connectivity index is 1.85. The van der Waals surface area contributed by atoms with Crippen molar-refractivity contribution in [2.75, 3.05) is 11.5 Å². The van der Waals surface area contributed by atoms with E-state index in [2.05, 4.69) is 0 Å². The van der Waals surface area contributed by atoms with Crippen molar-refractivity contribution in [2.24, 2.45) is 0 Å². The van der Waals surface area contributed by atoms with Gasteiger partial charge in [-0.15, -0.1) is 11.3 Å². The van der Waals surface area contributed by atoms with E-state index in [1.54, 1.807) is 48.5 Å². The lowest BCUT2D eigenvalue weighted by atomic mass is 9.99. The van der Waals surface area contributed by atoms with Crippen molar-refractivity contribution in [3.05, 3.63) is 87.1 Å². The second kappa shape index (κ2) is 8.34. The summed E-state index contributed by atoms with van der Waals surface area (Å²) in [7, 11) is 0. The number of carbonyl (C=O) groups is 2. The molecule has 5 nitrogen and oxygen atoms in total. The lowest BCUT2D eigenvalue weighted by Gasteiger charge is -2.24. The van der Waals surface area contributed by atoms with Crippen molar-refractivity contribution in [3.63, 3.8) is 0 Å². The lowest BCUT2D eigenvalue weighted by Crippen LogP contribution is -2.29. The SMILES string of the molecule is CCOc1ccc(/C(O)=C2/C(=O)C(=O)N(c3ccc(Cl)cc3)C2c2cccs2)cc1. The van der Waals surface area contributed by atoms with E-state index in [-0.39, 0.29) is 11.3 Å². The number of aliphatic hydroxyl groups is 1. The van der Waals surface area contributed by atoms with Crippen molar-refractivity contribution < 1.29 is 19.4 Å². The molecule has 1 aliphatic heterocycles. The molecule has 1 aromatic heterocycles. The number of thiophene rings is 1. The van der Waals surface area contributed by atoms with E-state index in [0.29, 0.717) is 28.6 Å². The third-order valence-corrected chi connectivity index (χ3v) is 5.98. The first-order valence-corrected chi connectivity index (χ1v) is 10.6. The molecule has 2 heterocycles. The van der Waals surface area contributed by atoms with Crippen LogP contribution in [0.4, 0.5) is 5.69 Å². The van der Waals surface area contributed by atoms with Gasteiger partial charge in [-0.05, 0) is 66.9 Å². The fourth-order valence-electron chi connectivity index (χ4n) is 3.45. The standard InChI is InChI=1S/C23H18ClNO4S/c1-2-29-17-11-5-14(6-12-17)21(26)19-20(18-4-3-13-30-18)25(23(28)22(19)27)16-9-7-15(24)8-10-16/h3-13,20,26H,2H2,1H3/b21-19-. The number of ether oxygens (including phenoxy) is 1. The van der Waals surface area contributed by atoms with Gasteiger partial charge >= 0.3 is 0 Å². The third kappa shape index (κ3) is 3.60. The smallest absolute Gasteiger partial charge is 0.300 e. The van der Waals surface area contributed by atoms with Crippen LogP contribution in [0.25, 0.3) is 5.76 Å². The molecule has 1 atom stereocenters. The highest BCUT2D eigenvalue weighted by molar-refractivity contribution is 7.10. The van der Waals surface area contributed by atoms with Crippen molar-refractivity contribution in [3.8, 4) is 5.75 Å². The van der Waals surface area contributed by atoms with Gasteiger partial charge in [0.2, 0.25) is 0 Å². The molecule has 30 heavy (non-hydrogen) atoms. The molecular formula is C23H18ClNO4S. The summed E-state index contributed by atoms with van der Waals surface area (Å²) in [6.45, 7) is 2.41. The molecule has 1 unspecified atom stereocenters. The van der Waals surface area contributed by atoms with Crippen molar-refractivity contribution in [1.82, 2.24) is 0 Å². The summed E-state index contributed by atoms with van der Waals surface area (Å²) in [6.07, 6.45) is 0. The van der Waals surface area contributed by atoms with E-state index in [0.717, 1.165) is 4.88 Å². The molecule has 1 N–H and O–H groups in total. The van der Waals surface area contributed by atoms with Crippen LogP contribution in [0.5, 0.6) is 5.75 Å². The normalized spacial score (nSPS) is 18.1. The number of amides is 1. The zero-order chi connectivity index (χ0) is 21.3. The van der Waals surface area contributed by atoms with E-state index < -0.39 is 17.7 Å². The number of carbonyl (C=O) groups excluding carboxylic acids is 2. The number of benzene rings is 2. The van der Waals surface area contributed by atoms with Gasteiger partial charge < -0.3 is 9.84 Å². The highest BCUT2D eigenvalue weighted by Gasteiger charge is 2.47. The summed E-state index contributed by atoms with van der Waals surface area (Å²) >= 11 is 7.40. The lowest BCUT2D eigenvalue weighted by molar-refractivity contribution is -0.132. The second-order valence-electron chi connectivity index (χ2n) is 6.62. The van der Waals surface area contributed by atoms with Crippen LogP contribution in [0, 0.1) is 0 Å². The number of Topliss-reactive ketones (excluding diaryl/α,β-unsaturated/α-hetero) is 1. The minimum atomic E-state index is -0.727. The highest BCUT2D eigenvalue weighted by atomic mass is 35.5. The maximum absolute atomic E-state index is 13.0. The van der Waals surface area contributed by atoms with Crippen LogP contribution < -0.4 is 9.64 Å². The Morgan fingerprint density at radius 1 is 1.10 bits per heavy atom. The first kappa shape index (κ1) is 20.2. The Bertz CT molecular complexity index is 1110. The minimum Gasteiger partial charge on any atom is -0.507 e. The van der Waals surface area contributed by atoms with Crippen LogP contribution in [0.15, 0.2) is 71.6 Å². The van der Waals surface area contributed by atoms with Gasteiger partial charge in [-0.2, -0.15) is 0 Å². The van der Waals surface area contributed by atoms with Gasteiger partial charge in [-0.3, -0.25) is 14.5 Å². The molecule has 2 aromatic carbocycles. The monoisotopic (exact) mass is 439 g/mol. The first-order chi connectivity index (χ1) is 14.5. The van der Waals surface area contributed by atoms with Gasteiger partial charge in [-0.1, -0.05) is 17.7 Å². The summed E-state index contributed by atoms with van der Waals surface area (Å²) in [6, 6.07) is 16.4. The average molecular weight is 440 g/mol. The van der Waals surface area contributed by atoms with Crippen molar-refractivity contribution in [1.29, 1.82) is 0 Å². The van der Waals surface area contributed by atoms with Gasteiger partial charge in [0.25, 0.3) is 11.7 Å². The average Bonchev–Trinajstić information content (AvgIpc) is 3.36. The van der Waals surface area contributed by atoms with Gasteiger partial charge in [0.1, 0.15) is 17.6 Å². The molecule has 0 saturated carbocycles. The van der Waals surface area contributed by atoms with Crippen LogP contribution in [0.3, 0.4) is 0 Å². The number of anilines is 1. The molecule has 7 heteroatoms. The zero-order valence-electron chi connectivity index (χ0n) is 16.0. The molecule has 1 aliphatic rings. The predicted octanol–water partition coefficient (Wildman–Crippen LogP) is 5.43. The van der Waals surface area contributed by atoms with Gasteiger partial charge in [0.05, 0.1) is 12.2 Å². The molecule has 1 amide bonds. The Morgan fingerprint density at radius 3 is 2.40 bits per heavy atom. The maximum Gasteiger partial charge on any atom is 0.300 e. The Kier molecular flexibility index (Phi) is 5.61. The van der Waals surface area contributed by atoms with Gasteiger partial charge in [0, 0.05) is 21.2 Å².